The van der Waals surface area contributed by atoms with Gasteiger partial charge < -0.3 is 19.7 Å². The van der Waals surface area contributed by atoms with Crippen LogP contribution in [0, 0.1) is 15.9 Å². The second kappa shape index (κ2) is 9.82. The van der Waals surface area contributed by atoms with E-state index in [-0.39, 0.29) is 23.5 Å². The zero-order valence-corrected chi connectivity index (χ0v) is 20.7. The number of anilines is 1. The van der Waals surface area contributed by atoms with E-state index in [1.807, 2.05) is 18.2 Å². The fraction of sp³-hybridized carbons (Fsp3) is 0.321. The third kappa shape index (κ3) is 4.29. The number of nitro groups is 1. The molecule has 3 aromatic carbocycles. The number of ether oxygens (including phenoxy) is 2. The molecule has 3 aromatic rings. The molecule has 1 fully saturated rings. The Hall–Kier alpha value is -3.98. The van der Waals surface area contributed by atoms with E-state index in [1.54, 1.807) is 31.3 Å². The Morgan fingerprint density at radius 3 is 2.41 bits per heavy atom. The fourth-order valence-corrected chi connectivity index (χ4v) is 5.82. The number of carbonyl (C=O) groups is 1. The summed E-state index contributed by atoms with van der Waals surface area (Å²) in [7, 11) is 3.16. The SMILES string of the molecule is COc1ccc(C[C@H]2N(C(=O)c3ccc([N+](=O)[O-])cc3)c3ccc(F)cc3C23CCNCC3)cc1OC. The first-order chi connectivity index (χ1) is 17.9. The summed E-state index contributed by atoms with van der Waals surface area (Å²) in [6.45, 7) is 1.50. The van der Waals surface area contributed by atoms with Gasteiger partial charge in [0.2, 0.25) is 0 Å². The molecular weight excluding hydrogens is 477 g/mol. The van der Waals surface area contributed by atoms with Crippen molar-refractivity contribution in [2.75, 3.05) is 32.2 Å². The fourth-order valence-electron chi connectivity index (χ4n) is 5.82. The maximum atomic E-state index is 14.6. The van der Waals surface area contributed by atoms with Crippen LogP contribution in [-0.4, -0.2) is 44.2 Å². The number of amides is 1. The van der Waals surface area contributed by atoms with Gasteiger partial charge in [-0.25, -0.2) is 4.39 Å². The lowest BCUT2D eigenvalue weighted by atomic mass is 9.68. The number of hydrogen-bond acceptors (Lipinski definition) is 6. The first-order valence-corrected chi connectivity index (χ1v) is 12.2. The molecule has 0 unspecified atom stereocenters. The lowest BCUT2D eigenvalue weighted by Gasteiger charge is -2.42. The predicted octanol–water partition coefficient (Wildman–Crippen LogP) is 4.64. The summed E-state index contributed by atoms with van der Waals surface area (Å²) in [5.74, 6) is 0.586. The largest absolute Gasteiger partial charge is 0.493 e. The molecular formula is C28H28FN3O5. The molecule has 2 aliphatic rings. The van der Waals surface area contributed by atoms with E-state index in [0.29, 0.717) is 29.2 Å². The van der Waals surface area contributed by atoms with Crippen LogP contribution in [-0.2, 0) is 11.8 Å². The van der Waals surface area contributed by atoms with E-state index < -0.39 is 10.3 Å². The number of hydrogen-bond donors (Lipinski definition) is 1. The Kier molecular flexibility index (Phi) is 6.55. The second-order valence-corrected chi connectivity index (χ2v) is 9.46. The molecule has 2 aliphatic heterocycles. The maximum Gasteiger partial charge on any atom is 0.269 e. The molecule has 2 heterocycles. The number of carbonyl (C=O) groups excluding carboxylic acids is 1. The molecule has 0 bridgehead atoms. The molecule has 37 heavy (non-hydrogen) atoms. The Morgan fingerprint density at radius 2 is 1.76 bits per heavy atom. The number of methoxy groups -OCH3 is 2. The van der Waals surface area contributed by atoms with Crippen LogP contribution >= 0.6 is 0 Å². The van der Waals surface area contributed by atoms with Crippen LogP contribution in [0.5, 0.6) is 11.5 Å². The molecule has 0 saturated carbocycles. The van der Waals surface area contributed by atoms with E-state index >= 15 is 0 Å². The molecule has 9 heteroatoms. The highest BCUT2D eigenvalue weighted by Gasteiger charge is 2.53. The molecule has 0 aliphatic carbocycles. The average molecular weight is 506 g/mol. The smallest absolute Gasteiger partial charge is 0.269 e. The van der Waals surface area contributed by atoms with Crippen molar-refractivity contribution >= 4 is 17.3 Å². The summed E-state index contributed by atoms with van der Waals surface area (Å²) in [6.07, 6.45) is 1.99. The first-order valence-electron chi connectivity index (χ1n) is 12.2. The van der Waals surface area contributed by atoms with Gasteiger partial charge in [-0.1, -0.05) is 6.07 Å². The van der Waals surface area contributed by atoms with Crippen molar-refractivity contribution in [3.8, 4) is 11.5 Å². The minimum Gasteiger partial charge on any atom is -0.493 e. The van der Waals surface area contributed by atoms with Gasteiger partial charge in [0.05, 0.1) is 25.2 Å². The van der Waals surface area contributed by atoms with Gasteiger partial charge in [0.15, 0.2) is 11.5 Å². The number of piperidine rings is 1. The van der Waals surface area contributed by atoms with Crippen molar-refractivity contribution in [3.63, 3.8) is 0 Å². The topological polar surface area (TPSA) is 93.9 Å². The number of nitro benzene ring substituents is 1. The van der Waals surface area contributed by atoms with Crippen molar-refractivity contribution in [1.82, 2.24) is 5.32 Å². The normalized spacial score (nSPS) is 17.9. The van der Waals surface area contributed by atoms with Gasteiger partial charge >= 0.3 is 0 Å². The van der Waals surface area contributed by atoms with E-state index in [1.165, 1.54) is 30.3 Å². The van der Waals surface area contributed by atoms with Crippen LogP contribution in [0.4, 0.5) is 15.8 Å². The van der Waals surface area contributed by atoms with E-state index in [2.05, 4.69) is 5.32 Å². The van der Waals surface area contributed by atoms with Crippen molar-refractivity contribution in [2.45, 2.75) is 30.7 Å². The summed E-state index contributed by atoms with van der Waals surface area (Å²) in [4.78, 5) is 26.4. The number of rotatable bonds is 6. The van der Waals surface area contributed by atoms with E-state index in [0.717, 1.165) is 37.1 Å². The van der Waals surface area contributed by atoms with Gasteiger partial charge in [0.25, 0.3) is 11.6 Å². The van der Waals surface area contributed by atoms with Crippen molar-refractivity contribution in [1.29, 1.82) is 0 Å². The molecule has 1 atom stereocenters. The van der Waals surface area contributed by atoms with Gasteiger partial charge in [0, 0.05) is 28.8 Å². The Morgan fingerprint density at radius 1 is 1.05 bits per heavy atom. The molecule has 1 N–H and O–H groups in total. The highest BCUT2D eigenvalue weighted by Crippen LogP contribution is 2.52. The van der Waals surface area contributed by atoms with Crippen LogP contribution < -0.4 is 19.7 Å². The van der Waals surface area contributed by atoms with Crippen LogP contribution in [0.2, 0.25) is 0 Å². The van der Waals surface area contributed by atoms with E-state index in [4.69, 9.17) is 9.47 Å². The van der Waals surface area contributed by atoms with Gasteiger partial charge in [-0.3, -0.25) is 14.9 Å². The van der Waals surface area contributed by atoms with Crippen molar-refractivity contribution in [2.24, 2.45) is 0 Å². The van der Waals surface area contributed by atoms with Gasteiger partial charge in [-0.2, -0.15) is 0 Å². The maximum absolute atomic E-state index is 14.6. The first kappa shape index (κ1) is 24.7. The van der Waals surface area contributed by atoms with Gasteiger partial charge in [-0.05, 0) is 85.9 Å². The lowest BCUT2D eigenvalue weighted by Crippen LogP contribution is -2.53. The Bertz CT molecular complexity index is 1340. The third-order valence-electron chi connectivity index (χ3n) is 7.62. The highest BCUT2D eigenvalue weighted by molar-refractivity contribution is 6.08. The second-order valence-electron chi connectivity index (χ2n) is 9.46. The Balaban J connectivity index is 1.62. The molecule has 8 nitrogen and oxygen atoms in total. The minimum atomic E-state index is -0.494. The average Bonchev–Trinajstić information content (AvgIpc) is 3.16. The number of halogens is 1. The molecule has 0 aromatic heterocycles. The molecule has 1 amide bonds. The highest BCUT2D eigenvalue weighted by atomic mass is 19.1. The number of nitrogens with one attached hydrogen (secondary N) is 1. The summed E-state index contributed by atoms with van der Waals surface area (Å²) in [5, 5.41) is 14.5. The molecule has 1 spiro atoms. The predicted molar refractivity (Wildman–Crippen MR) is 137 cm³/mol. The standard InChI is InChI=1S/C28H28FN3O5/c1-36-24-10-3-18(15-25(24)37-2)16-26-28(11-13-30-14-12-28)22-17-20(29)6-9-23(22)31(26)27(33)19-4-7-21(8-5-19)32(34)35/h3-10,15,17,26,30H,11-14,16H2,1-2H3/t26-/m1/s1. The van der Waals surface area contributed by atoms with Gasteiger partial charge in [0.1, 0.15) is 5.82 Å². The van der Waals surface area contributed by atoms with Crippen LogP contribution in [0.1, 0.15) is 34.3 Å². The van der Waals surface area contributed by atoms with Crippen molar-refractivity contribution < 1.29 is 23.6 Å². The molecule has 1 saturated heterocycles. The van der Waals surface area contributed by atoms with Crippen LogP contribution in [0.3, 0.4) is 0 Å². The third-order valence-corrected chi connectivity index (χ3v) is 7.62. The van der Waals surface area contributed by atoms with Gasteiger partial charge in [-0.15, -0.1) is 0 Å². The van der Waals surface area contributed by atoms with E-state index in [9.17, 15) is 19.3 Å². The summed E-state index contributed by atoms with van der Waals surface area (Å²) >= 11 is 0. The zero-order valence-electron chi connectivity index (χ0n) is 20.7. The zero-order chi connectivity index (χ0) is 26.2. The Labute approximate surface area is 214 Å². The summed E-state index contributed by atoms with van der Waals surface area (Å²) in [5.41, 5.74) is 2.26. The summed E-state index contributed by atoms with van der Waals surface area (Å²) < 4.78 is 25.5. The van der Waals surface area contributed by atoms with Crippen molar-refractivity contribution in [3.05, 3.63) is 93.3 Å². The minimum absolute atomic E-state index is 0.0860. The number of fused-ring (bicyclic) bond motifs is 2. The quantitative estimate of drug-likeness (QED) is 0.387. The molecule has 192 valence electrons. The van der Waals surface area contributed by atoms with Crippen LogP contribution in [0.15, 0.2) is 60.7 Å². The lowest BCUT2D eigenvalue weighted by molar-refractivity contribution is -0.384. The summed E-state index contributed by atoms with van der Waals surface area (Å²) in [6, 6.07) is 15.6. The monoisotopic (exact) mass is 505 g/mol. The number of benzene rings is 3. The molecule has 0 radical (unpaired) electrons. The number of non-ortho nitro benzene ring substituents is 1. The number of nitrogens with zero attached hydrogens (tertiary/aromatic N) is 2. The van der Waals surface area contributed by atoms with Crippen LogP contribution in [0.25, 0.3) is 0 Å². The molecule has 5 rings (SSSR count).